The fourth-order valence-electron chi connectivity index (χ4n) is 20.2. The average Bonchev–Trinajstić information content (AvgIpc) is 0.985. The molecule has 20 heteroatoms. The Balaban J connectivity index is 0.000000110. The summed E-state index contributed by atoms with van der Waals surface area (Å²) in [5.74, 6) is 3.09. The van der Waals surface area contributed by atoms with Crippen LogP contribution in [0.4, 0.5) is 23.8 Å². The van der Waals surface area contributed by atoms with Gasteiger partial charge >= 0.3 is 0 Å². The number of benzene rings is 4. The monoisotopic (exact) mass is 1440 g/mol. The fourth-order valence-corrected chi connectivity index (χ4v) is 20.2. The van der Waals surface area contributed by atoms with Crippen molar-refractivity contribution in [2.45, 2.75) is 163 Å². The van der Waals surface area contributed by atoms with Gasteiger partial charge in [-0.05, 0) is 234 Å². The highest BCUT2D eigenvalue weighted by molar-refractivity contribution is 5.76. The zero-order chi connectivity index (χ0) is 72.8. The number of fused-ring (bicyclic) bond motifs is 16. The number of likely N-dealkylation sites (N-methyl/N-ethyl adjacent to an activating group) is 2. The van der Waals surface area contributed by atoms with Crippen LogP contribution in [-0.4, -0.2) is 211 Å². The van der Waals surface area contributed by atoms with Crippen molar-refractivity contribution in [2.75, 3.05) is 159 Å². The predicted octanol–water partition coefficient (Wildman–Crippen LogP) is 11.3. The summed E-state index contributed by atoms with van der Waals surface area (Å²) in [7, 11) is 4.10. The van der Waals surface area contributed by atoms with Gasteiger partial charge in [0.05, 0.1) is 35.5 Å². The average molecular weight is 1440 g/mol. The molecule has 4 aliphatic carbocycles. The van der Waals surface area contributed by atoms with Crippen LogP contribution in [0.2, 0.25) is 0 Å². The van der Waals surface area contributed by atoms with E-state index >= 15 is 0 Å². The molecule has 7 fully saturated rings. The highest BCUT2D eigenvalue weighted by Gasteiger charge is 2.45. The van der Waals surface area contributed by atoms with Gasteiger partial charge in [0.1, 0.15) is 0 Å². The number of nitrogens with one attached hydrogen (secondary N) is 7. The van der Waals surface area contributed by atoms with E-state index in [1.807, 2.05) is 33.3 Å². The van der Waals surface area contributed by atoms with E-state index < -0.39 is 0 Å². The number of hydrogen-bond acceptors (Lipinski definition) is 20. The van der Waals surface area contributed by atoms with Crippen LogP contribution < -0.4 is 42.1 Å². The number of likely N-dealkylation sites (tertiary alicyclic amines) is 1. The van der Waals surface area contributed by atoms with E-state index in [0.717, 1.165) is 139 Å². The molecule has 4 aromatic carbocycles. The first-order valence-electron chi connectivity index (χ1n) is 40.9. The summed E-state index contributed by atoms with van der Waals surface area (Å²) in [5.41, 5.74) is 21.9. The molecule has 0 saturated carbocycles. The summed E-state index contributed by atoms with van der Waals surface area (Å²) in [4.78, 5) is 48.5. The molecule has 564 valence electrons. The zero-order valence-corrected chi connectivity index (χ0v) is 64.3. The Hall–Kier alpha value is -7.92. The van der Waals surface area contributed by atoms with Crippen molar-refractivity contribution in [3.05, 3.63) is 166 Å². The standard InChI is InChI=1S/C26H36N6.C23H31N5.C21H28N4O.C17H20N4/c1-30-14-16-31(17-15-30)21-6-12-32(13-7-21)25-28-19-20-18-26(8-10-27-11-9-26)23-5-3-2-4-22(23)24(20)29-25;1-2-28-13-5-6-18(28)16-26-22-25-15-17-14-23(9-11-24-12-10-23)20-8-4-3-7-19(20)21(17)27-22;1-15(2)26-12-11-23-20-24-14-16-13-21(7-9-22-10-8-21)18-6-4-3-5-17(18)19(16)25-20;1-18-16-20-11-12-10-17(6-8-19-9-7-17)14-5-3-2-4-13(14)15(12)21-16/h2-5,19,21,27H,6-18H2,1H3;3-4,7-8,15,18,24H,2,5-6,9-14,16H2,1H3,(H,25,26,27);3-6,14-15,22H,7-13H2,1-2H3,(H,23,24,25);2-5,11,19H,6-10H2,1H3,(H,18,20,21). The first-order chi connectivity index (χ1) is 52.5. The molecule has 4 spiro atoms. The minimum atomic E-state index is 0.234. The summed E-state index contributed by atoms with van der Waals surface area (Å²) in [6, 6.07) is 36.9. The lowest BCUT2D eigenvalue weighted by atomic mass is 9.64. The Bertz CT molecular complexity index is 4330. The van der Waals surface area contributed by atoms with Crippen LogP contribution in [-0.2, 0) is 52.1 Å². The molecule has 4 aromatic heterocycles. The van der Waals surface area contributed by atoms with Gasteiger partial charge in [0.2, 0.25) is 23.8 Å². The van der Waals surface area contributed by atoms with Crippen LogP contribution in [0.3, 0.4) is 0 Å². The number of anilines is 4. The largest absolute Gasteiger partial charge is 0.377 e. The van der Waals surface area contributed by atoms with Gasteiger partial charge in [-0.2, -0.15) is 0 Å². The van der Waals surface area contributed by atoms with E-state index in [9.17, 15) is 0 Å². The first kappa shape index (κ1) is 73.2. The lowest BCUT2D eigenvalue weighted by molar-refractivity contribution is 0.0870. The molecule has 8 aromatic rings. The molecule has 7 aliphatic heterocycles. The number of piperazine rings is 1. The third kappa shape index (κ3) is 15.5. The molecule has 107 heavy (non-hydrogen) atoms. The third-order valence-corrected chi connectivity index (χ3v) is 26.1. The van der Waals surface area contributed by atoms with Gasteiger partial charge in [-0.1, -0.05) is 104 Å². The SMILES string of the molecule is CC(C)OCCNc1ncc2c(n1)-c1ccccc1C1(CCNCC1)C2.CCN1CCCC1CNc1ncc2c(n1)-c1ccccc1C1(CCNCC1)C2.CN1CCN(C2CCN(c3ncc4c(n3)-c3ccccc3C3(CCNCC3)C4)CC2)CC1.CNc1ncc2c(n1)-c1ccccc1C1(CCNCC1)C2. The third-order valence-electron chi connectivity index (χ3n) is 26.1. The topological polar surface area (TPSA) is 210 Å². The highest BCUT2D eigenvalue weighted by atomic mass is 16.5. The van der Waals surface area contributed by atoms with Gasteiger partial charge in [-0.15, -0.1) is 0 Å². The second kappa shape index (κ2) is 32.7. The van der Waals surface area contributed by atoms with E-state index in [1.54, 1.807) is 0 Å². The second-order valence-corrected chi connectivity index (χ2v) is 32.7. The zero-order valence-electron chi connectivity index (χ0n) is 64.3. The Morgan fingerprint density at radius 1 is 0.467 bits per heavy atom. The van der Waals surface area contributed by atoms with Crippen molar-refractivity contribution in [3.63, 3.8) is 0 Å². The van der Waals surface area contributed by atoms with E-state index in [-0.39, 0.29) is 27.8 Å². The molecular formula is C87H115N19O. The number of piperidine rings is 5. The van der Waals surface area contributed by atoms with Crippen molar-refractivity contribution in [2.24, 2.45) is 0 Å². The molecule has 1 unspecified atom stereocenters. The molecule has 1 atom stereocenters. The van der Waals surface area contributed by atoms with Gasteiger partial charge in [0, 0.05) is 140 Å². The van der Waals surface area contributed by atoms with E-state index in [0.29, 0.717) is 31.1 Å². The predicted molar refractivity (Wildman–Crippen MR) is 432 cm³/mol. The van der Waals surface area contributed by atoms with Gasteiger partial charge in [0.25, 0.3) is 0 Å². The van der Waals surface area contributed by atoms with Crippen LogP contribution in [0.5, 0.6) is 0 Å². The van der Waals surface area contributed by atoms with Gasteiger partial charge < -0.3 is 51.8 Å². The van der Waals surface area contributed by atoms with E-state index in [2.05, 4.69) is 190 Å². The van der Waals surface area contributed by atoms with Crippen molar-refractivity contribution >= 4 is 23.8 Å². The van der Waals surface area contributed by atoms with Crippen LogP contribution in [0.1, 0.15) is 142 Å². The maximum atomic E-state index is 5.58. The molecule has 20 nitrogen and oxygen atoms in total. The summed E-state index contributed by atoms with van der Waals surface area (Å²) < 4.78 is 5.58. The normalized spacial score (nSPS) is 21.4. The quantitative estimate of drug-likeness (QED) is 0.0567. The van der Waals surface area contributed by atoms with Gasteiger partial charge in [0.15, 0.2) is 0 Å². The summed E-state index contributed by atoms with van der Waals surface area (Å²) in [6.07, 6.45) is 27.3. The van der Waals surface area contributed by atoms with E-state index in [1.165, 1.54) is 182 Å². The first-order valence-corrected chi connectivity index (χ1v) is 40.9. The molecule has 19 rings (SSSR count). The number of nitrogens with zero attached hydrogens (tertiary/aromatic N) is 12. The fraction of sp³-hybridized carbons (Fsp3) is 0.540. The molecule has 0 bridgehead atoms. The van der Waals surface area contributed by atoms with Crippen LogP contribution >= 0.6 is 0 Å². The van der Waals surface area contributed by atoms with Crippen molar-refractivity contribution in [1.29, 1.82) is 0 Å². The van der Waals surface area contributed by atoms with Crippen LogP contribution in [0, 0.1) is 0 Å². The molecule has 11 heterocycles. The number of hydrogen-bond donors (Lipinski definition) is 7. The molecule has 11 aliphatic rings. The smallest absolute Gasteiger partial charge is 0.225 e. The maximum absolute atomic E-state index is 5.58. The summed E-state index contributed by atoms with van der Waals surface area (Å²) in [5, 5.41) is 23.9. The van der Waals surface area contributed by atoms with Gasteiger partial charge in [-0.25, -0.2) is 39.9 Å². The molecule has 0 amide bonds. The van der Waals surface area contributed by atoms with Gasteiger partial charge in [-0.3, -0.25) is 9.80 Å². The Kier molecular flexibility index (Phi) is 22.4. The lowest BCUT2D eigenvalue weighted by Crippen LogP contribution is -2.52. The Morgan fingerprint density at radius 3 is 1.28 bits per heavy atom. The molecular weight excluding hydrogens is 1330 g/mol. The minimum Gasteiger partial charge on any atom is -0.377 e. The Morgan fingerprint density at radius 2 is 0.860 bits per heavy atom. The summed E-state index contributed by atoms with van der Waals surface area (Å²) in [6.45, 7) is 26.7. The highest BCUT2D eigenvalue weighted by Crippen LogP contribution is 2.51. The maximum Gasteiger partial charge on any atom is 0.225 e. The number of aromatic nitrogens is 8. The molecule has 0 radical (unpaired) electrons. The number of rotatable bonds is 12. The minimum absolute atomic E-state index is 0.234. The molecule has 7 saturated heterocycles. The molecule has 7 N–H and O–H groups in total. The summed E-state index contributed by atoms with van der Waals surface area (Å²) >= 11 is 0. The second-order valence-electron chi connectivity index (χ2n) is 32.7. The van der Waals surface area contributed by atoms with Crippen molar-refractivity contribution in [3.8, 4) is 45.0 Å². The lowest BCUT2D eigenvalue weighted by Gasteiger charge is -2.43. The van der Waals surface area contributed by atoms with Crippen LogP contribution in [0.15, 0.2) is 122 Å². The number of ether oxygens (including phenoxy) is 1. The Labute approximate surface area is 635 Å². The van der Waals surface area contributed by atoms with Crippen molar-refractivity contribution in [1.82, 2.24) is 75.8 Å². The van der Waals surface area contributed by atoms with E-state index in [4.69, 9.17) is 34.6 Å². The van der Waals surface area contributed by atoms with Crippen LogP contribution in [0.25, 0.3) is 45.0 Å². The van der Waals surface area contributed by atoms with Crippen molar-refractivity contribution < 1.29 is 4.74 Å².